The zero-order chi connectivity index (χ0) is 27.9. The van der Waals surface area contributed by atoms with Gasteiger partial charge in [0.1, 0.15) is 5.75 Å². The maximum atomic E-state index is 13.7. The standard InChI is InChI=1S/C25H21F3N2O6S2/c1-16(29-24(31)25(26,27)28)17-7-11-20(12-8-17)37(32,33)23-15-18-5-3-4-6-22(18)30(23)38(34,35)21-13-9-19(36-2)10-14-21/h3-16H,1-2H3,(H,29,31). The lowest BCUT2D eigenvalue weighted by molar-refractivity contribution is -0.174. The molecule has 1 aromatic heterocycles. The Hall–Kier alpha value is -3.84. The van der Waals surface area contributed by atoms with Crippen molar-refractivity contribution in [2.75, 3.05) is 7.11 Å². The lowest BCUT2D eigenvalue weighted by Crippen LogP contribution is -2.38. The van der Waals surface area contributed by atoms with Gasteiger partial charge >= 0.3 is 12.1 Å². The Labute approximate surface area is 216 Å². The number of nitrogens with one attached hydrogen (secondary N) is 1. The first-order valence-corrected chi connectivity index (χ1v) is 13.9. The van der Waals surface area contributed by atoms with E-state index < -0.39 is 43.0 Å². The third-order valence-electron chi connectivity index (χ3n) is 5.80. The molecule has 1 atom stereocenters. The van der Waals surface area contributed by atoms with Gasteiger partial charge in [-0.2, -0.15) is 13.2 Å². The molecule has 4 rings (SSSR count). The molecule has 0 fully saturated rings. The topological polar surface area (TPSA) is 112 Å². The number of para-hydroxylation sites is 1. The zero-order valence-electron chi connectivity index (χ0n) is 19.9. The Morgan fingerprint density at radius 1 is 0.895 bits per heavy atom. The normalized spacial score (nSPS) is 13.3. The number of hydrogen-bond acceptors (Lipinski definition) is 6. The molecule has 1 heterocycles. The minimum Gasteiger partial charge on any atom is -0.497 e. The second-order valence-corrected chi connectivity index (χ2v) is 11.9. The summed E-state index contributed by atoms with van der Waals surface area (Å²) in [5.41, 5.74) is 0.356. The Balaban J connectivity index is 1.79. The van der Waals surface area contributed by atoms with Gasteiger partial charge in [-0.3, -0.25) is 4.79 Å². The molecule has 8 nitrogen and oxygen atoms in total. The second-order valence-electron chi connectivity index (χ2n) is 8.25. The van der Waals surface area contributed by atoms with Crippen LogP contribution < -0.4 is 10.1 Å². The predicted octanol–water partition coefficient (Wildman–Crippen LogP) is 4.46. The van der Waals surface area contributed by atoms with Gasteiger partial charge < -0.3 is 10.1 Å². The molecule has 1 unspecified atom stereocenters. The summed E-state index contributed by atoms with van der Waals surface area (Å²) >= 11 is 0. The van der Waals surface area contributed by atoms with E-state index in [1.807, 2.05) is 0 Å². The van der Waals surface area contributed by atoms with E-state index >= 15 is 0 Å². The Bertz CT molecular complexity index is 1710. The molecular weight excluding hydrogens is 545 g/mol. The highest BCUT2D eigenvalue weighted by Gasteiger charge is 2.39. The van der Waals surface area contributed by atoms with E-state index in [0.29, 0.717) is 11.1 Å². The van der Waals surface area contributed by atoms with Crippen LogP contribution in [0.1, 0.15) is 18.5 Å². The molecule has 0 saturated carbocycles. The fourth-order valence-corrected chi connectivity index (χ4v) is 7.14. The summed E-state index contributed by atoms with van der Waals surface area (Å²) in [6.07, 6.45) is -5.07. The average molecular weight is 567 g/mol. The molecule has 1 N–H and O–H groups in total. The quantitative estimate of drug-likeness (QED) is 0.354. The highest BCUT2D eigenvalue weighted by Crippen LogP contribution is 2.33. The van der Waals surface area contributed by atoms with E-state index in [0.717, 1.165) is 16.1 Å². The summed E-state index contributed by atoms with van der Waals surface area (Å²) in [5, 5.41) is 1.64. The number of carbonyl (C=O) groups excluding carboxylic acids is 1. The molecule has 1 amide bonds. The van der Waals surface area contributed by atoms with Crippen molar-refractivity contribution in [3.8, 4) is 5.75 Å². The van der Waals surface area contributed by atoms with Crippen molar-refractivity contribution in [1.82, 2.24) is 9.29 Å². The average Bonchev–Trinajstić information content (AvgIpc) is 3.30. The number of alkyl halides is 3. The number of aromatic nitrogens is 1. The number of hydrogen-bond donors (Lipinski definition) is 1. The van der Waals surface area contributed by atoms with Gasteiger partial charge in [-0.05, 0) is 61.0 Å². The zero-order valence-corrected chi connectivity index (χ0v) is 21.6. The number of methoxy groups -OCH3 is 1. The SMILES string of the molecule is COc1ccc(S(=O)(=O)n2c(S(=O)(=O)c3ccc(C(C)NC(=O)C(F)(F)F)cc3)cc3ccccc32)cc1. The third-order valence-corrected chi connectivity index (χ3v) is 9.40. The third kappa shape index (κ3) is 4.98. The number of nitrogens with zero attached hydrogens (tertiary/aromatic N) is 1. The van der Waals surface area contributed by atoms with Crippen LogP contribution in [0.15, 0.2) is 93.7 Å². The first kappa shape index (κ1) is 27.2. The molecule has 0 aliphatic heterocycles. The van der Waals surface area contributed by atoms with Crippen molar-refractivity contribution >= 4 is 36.7 Å². The van der Waals surface area contributed by atoms with Crippen LogP contribution in [0.5, 0.6) is 5.75 Å². The van der Waals surface area contributed by atoms with Crippen molar-refractivity contribution in [2.24, 2.45) is 0 Å². The number of ether oxygens (including phenoxy) is 1. The van der Waals surface area contributed by atoms with Crippen LogP contribution in [-0.2, 0) is 24.7 Å². The molecule has 3 aromatic carbocycles. The van der Waals surface area contributed by atoms with Crippen molar-refractivity contribution in [3.63, 3.8) is 0 Å². The first-order chi connectivity index (χ1) is 17.8. The molecule has 0 spiro atoms. The number of carbonyl (C=O) groups is 1. The highest BCUT2D eigenvalue weighted by molar-refractivity contribution is 7.93. The van der Waals surface area contributed by atoms with Gasteiger partial charge in [0, 0.05) is 5.39 Å². The highest BCUT2D eigenvalue weighted by atomic mass is 32.2. The van der Waals surface area contributed by atoms with Gasteiger partial charge in [-0.1, -0.05) is 30.3 Å². The largest absolute Gasteiger partial charge is 0.497 e. The molecule has 0 saturated heterocycles. The van der Waals surface area contributed by atoms with Gasteiger partial charge in [-0.15, -0.1) is 0 Å². The van der Waals surface area contributed by atoms with E-state index in [9.17, 15) is 34.8 Å². The summed E-state index contributed by atoms with van der Waals surface area (Å²) in [6, 6.07) is 16.7. The number of rotatable bonds is 7. The lowest BCUT2D eigenvalue weighted by atomic mass is 10.1. The van der Waals surface area contributed by atoms with Gasteiger partial charge in [0.25, 0.3) is 10.0 Å². The van der Waals surface area contributed by atoms with Gasteiger partial charge in [0.2, 0.25) is 9.84 Å². The van der Waals surface area contributed by atoms with Crippen LogP contribution in [0.25, 0.3) is 10.9 Å². The Morgan fingerprint density at radius 3 is 2.05 bits per heavy atom. The summed E-state index contributed by atoms with van der Waals surface area (Å²) in [5.74, 6) is -1.72. The van der Waals surface area contributed by atoms with Crippen LogP contribution in [0.4, 0.5) is 13.2 Å². The van der Waals surface area contributed by atoms with E-state index in [1.54, 1.807) is 23.5 Å². The minimum atomic E-state index is -5.07. The second kappa shape index (κ2) is 9.80. The molecule has 0 aliphatic rings. The summed E-state index contributed by atoms with van der Waals surface area (Å²) in [6.45, 7) is 1.31. The van der Waals surface area contributed by atoms with E-state index in [-0.39, 0.29) is 20.9 Å². The number of fused-ring (bicyclic) bond motifs is 1. The molecule has 4 aromatic rings. The number of halogens is 3. The van der Waals surface area contributed by atoms with E-state index in [2.05, 4.69) is 0 Å². The fraction of sp³-hybridized carbons (Fsp3) is 0.160. The van der Waals surface area contributed by atoms with Crippen molar-refractivity contribution in [1.29, 1.82) is 0 Å². The van der Waals surface area contributed by atoms with Crippen LogP contribution in [0, 0.1) is 0 Å². The van der Waals surface area contributed by atoms with Crippen molar-refractivity contribution < 1.29 is 39.5 Å². The van der Waals surface area contributed by atoms with Gasteiger partial charge in [-0.25, -0.2) is 20.8 Å². The minimum absolute atomic E-state index is 0.141. The van der Waals surface area contributed by atoms with Crippen LogP contribution in [-0.4, -0.2) is 40.0 Å². The molecule has 0 bridgehead atoms. The predicted molar refractivity (Wildman–Crippen MR) is 132 cm³/mol. The van der Waals surface area contributed by atoms with E-state index in [4.69, 9.17) is 4.74 Å². The fourth-order valence-electron chi connectivity index (χ4n) is 3.81. The Kier molecular flexibility index (Phi) is 7.01. The van der Waals surface area contributed by atoms with Crippen LogP contribution in [0.3, 0.4) is 0 Å². The summed E-state index contributed by atoms with van der Waals surface area (Å²) in [7, 11) is -7.40. The van der Waals surface area contributed by atoms with Gasteiger partial charge in [0.15, 0.2) is 5.03 Å². The monoisotopic (exact) mass is 566 g/mol. The summed E-state index contributed by atoms with van der Waals surface area (Å²) < 4.78 is 98.2. The number of benzene rings is 3. The van der Waals surface area contributed by atoms with Crippen LogP contribution in [0.2, 0.25) is 0 Å². The molecule has 200 valence electrons. The summed E-state index contributed by atoms with van der Waals surface area (Å²) in [4.78, 5) is 10.8. The Morgan fingerprint density at radius 2 is 1.47 bits per heavy atom. The first-order valence-electron chi connectivity index (χ1n) is 11.0. The van der Waals surface area contributed by atoms with Crippen molar-refractivity contribution in [3.05, 3.63) is 84.4 Å². The number of amides is 1. The van der Waals surface area contributed by atoms with E-state index in [1.165, 1.54) is 62.6 Å². The smallest absolute Gasteiger partial charge is 0.471 e. The molecule has 0 aliphatic carbocycles. The van der Waals surface area contributed by atoms with Crippen molar-refractivity contribution in [2.45, 2.75) is 34.0 Å². The van der Waals surface area contributed by atoms with Gasteiger partial charge in [0.05, 0.1) is 28.5 Å². The molecule has 13 heteroatoms. The lowest BCUT2D eigenvalue weighted by Gasteiger charge is -2.16. The molecular formula is C25H21F3N2O6S2. The number of sulfone groups is 1. The maximum absolute atomic E-state index is 13.7. The van der Waals surface area contributed by atoms with Crippen LogP contribution >= 0.6 is 0 Å². The maximum Gasteiger partial charge on any atom is 0.471 e. The molecule has 38 heavy (non-hydrogen) atoms. The molecule has 0 radical (unpaired) electrons.